The second-order valence-electron chi connectivity index (χ2n) is 14.7. The molecule has 6 rings (SSSR count). The van der Waals surface area contributed by atoms with Crippen LogP contribution in [0.15, 0.2) is 90.1 Å². The van der Waals surface area contributed by atoms with Crippen LogP contribution in [0.2, 0.25) is 0 Å². The first-order chi connectivity index (χ1) is 26.1. The van der Waals surface area contributed by atoms with Crippen molar-refractivity contribution >= 4 is 50.0 Å². The molecule has 2 atom stereocenters. The number of carbonyl (C=O) groups is 2. The van der Waals surface area contributed by atoms with Crippen LogP contribution in [0.1, 0.15) is 104 Å². The normalized spacial score (nSPS) is 13.1. The predicted octanol–water partition coefficient (Wildman–Crippen LogP) is 10.8. The number of rotatable bonds is 15. The summed E-state index contributed by atoms with van der Waals surface area (Å²) in [4.78, 5) is 32.2. The Labute approximate surface area is 318 Å². The van der Waals surface area contributed by atoms with E-state index in [1.807, 2.05) is 57.2 Å². The van der Waals surface area contributed by atoms with E-state index >= 15 is 0 Å². The van der Waals surface area contributed by atoms with Gasteiger partial charge in [-0.2, -0.15) is 0 Å². The fourth-order valence-electron chi connectivity index (χ4n) is 7.93. The second-order valence-corrected chi connectivity index (χ2v) is 14.7. The smallest absolute Gasteiger partial charge is 0.332 e. The zero-order valence-corrected chi connectivity index (χ0v) is 32.7. The topological polar surface area (TPSA) is 90.1 Å². The Bertz CT molecular complexity index is 2350. The zero-order valence-electron chi connectivity index (χ0n) is 32.7. The van der Waals surface area contributed by atoms with Crippen molar-refractivity contribution in [3.8, 4) is 5.75 Å². The number of oxime groups is 1. The quantitative estimate of drug-likeness (QED) is 0.0493. The van der Waals surface area contributed by atoms with E-state index in [-0.39, 0.29) is 18.5 Å². The number of benzene rings is 5. The zero-order chi connectivity index (χ0) is 38.5. The van der Waals surface area contributed by atoms with Crippen LogP contribution < -0.4 is 4.74 Å². The first-order valence-electron chi connectivity index (χ1n) is 19.3. The molecule has 280 valence electrons. The highest BCUT2D eigenvalue weighted by atomic mass is 16.7. The third-order valence-corrected chi connectivity index (χ3v) is 10.5. The van der Waals surface area contributed by atoms with Gasteiger partial charge in [0.25, 0.3) is 0 Å². The maximum absolute atomic E-state index is 14.7. The van der Waals surface area contributed by atoms with Crippen molar-refractivity contribution in [2.45, 2.75) is 93.2 Å². The number of aromatic nitrogens is 1. The fourth-order valence-corrected chi connectivity index (χ4v) is 7.93. The van der Waals surface area contributed by atoms with Crippen LogP contribution in [0.25, 0.3) is 32.6 Å². The number of fused-ring (bicyclic) bond motifs is 5. The molecule has 0 saturated carbocycles. The van der Waals surface area contributed by atoms with E-state index in [4.69, 9.17) is 9.57 Å². The highest BCUT2D eigenvalue weighted by Gasteiger charge is 2.25. The SMILES string of the molecule is CCCCC(CC)Cn1c2ccc(C(=NOC(C)=O)c3ccccc3OC(C)CCO)cc2c2cc(C(=O)c3c(C)cc(C)cc3C)c3ccccc3c21. The van der Waals surface area contributed by atoms with Crippen molar-refractivity contribution in [3.05, 3.63) is 124 Å². The van der Waals surface area contributed by atoms with Crippen molar-refractivity contribution in [2.24, 2.45) is 11.1 Å². The molecule has 0 aliphatic heterocycles. The molecular formula is C47H52N2O5. The lowest BCUT2D eigenvalue weighted by Crippen LogP contribution is -2.16. The lowest BCUT2D eigenvalue weighted by molar-refractivity contribution is -0.140. The maximum Gasteiger partial charge on any atom is 0.332 e. The van der Waals surface area contributed by atoms with Gasteiger partial charge < -0.3 is 19.2 Å². The summed E-state index contributed by atoms with van der Waals surface area (Å²) >= 11 is 0. The minimum absolute atomic E-state index is 0.00197. The first kappa shape index (κ1) is 38.5. The maximum atomic E-state index is 14.7. The van der Waals surface area contributed by atoms with Gasteiger partial charge in [-0.15, -0.1) is 0 Å². The van der Waals surface area contributed by atoms with Gasteiger partial charge in [-0.25, -0.2) is 4.79 Å². The fraction of sp³-hybridized carbons (Fsp3) is 0.340. The summed E-state index contributed by atoms with van der Waals surface area (Å²) in [6, 6.07) is 28.3. The number of aliphatic hydroxyl groups excluding tert-OH is 1. The van der Waals surface area contributed by atoms with E-state index in [0.717, 1.165) is 86.2 Å². The van der Waals surface area contributed by atoms with Gasteiger partial charge in [-0.05, 0) is 86.9 Å². The molecule has 0 amide bonds. The number of unbranched alkanes of at least 4 members (excludes halogenated alkanes) is 1. The summed E-state index contributed by atoms with van der Waals surface area (Å²) in [5, 5.41) is 17.9. The Balaban J connectivity index is 1.65. The van der Waals surface area contributed by atoms with Crippen LogP contribution in [-0.4, -0.2) is 39.8 Å². The molecule has 0 fully saturated rings. The van der Waals surface area contributed by atoms with E-state index in [1.54, 1.807) is 0 Å². The molecular weight excluding hydrogens is 673 g/mol. The van der Waals surface area contributed by atoms with Gasteiger partial charge in [0.1, 0.15) is 11.5 Å². The second kappa shape index (κ2) is 16.8. The molecule has 2 unspecified atom stereocenters. The Morgan fingerprint density at radius 2 is 1.52 bits per heavy atom. The van der Waals surface area contributed by atoms with E-state index in [9.17, 15) is 14.7 Å². The Morgan fingerprint density at radius 1 is 0.815 bits per heavy atom. The summed E-state index contributed by atoms with van der Waals surface area (Å²) in [5.41, 5.74) is 8.47. The number of hydrogen-bond acceptors (Lipinski definition) is 6. The predicted molar refractivity (Wildman–Crippen MR) is 220 cm³/mol. The van der Waals surface area contributed by atoms with Crippen LogP contribution in [-0.2, 0) is 16.2 Å². The number of aryl methyl sites for hydroxylation is 3. The Kier molecular flexibility index (Phi) is 12.0. The van der Waals surface area contributed by atoms with Gasteiger partial charge in [-0.1, -0.05) is 98.4 Å². The molecule has 5 aromatic carbocycles. The molecule has 6 aromatic rings. The van der Waals surface area contributed by atoms with Crippen LogP contribution >= 0.6 is 0 Å². The molecule has 1 N–H and O–H groups in total. The minimum Gasteiger partial charge on any atom is -0.490 e. The number of carbonyl (C=O) groups excluding carboxylic acids is 2. The molecule has 7 heteroatoms. The van der Waals surface area contributed by atoms with Crippen LogP contribution in [0.3, 0.4) is 0 Å². The molecule has 1 heterocycles. The Hall–Kier alpha value is -5.27. The number of ether oxygens (including phenoxy) is 1. The molecule has 54 heavy (non-hydrogen) atoms. The summed E-state index contributed by atoms with van der Waals surface area (Å²) in [6.07, 6.45) is 4.72. The summed E-state index contributed by atoms with van der Waals surface area (Å²) in [6.45, 7) is 14.7. The van der Waals surface area contributed by atoms with Gasteiger partial charge in [0.2, 0.25) is 0 Å². The largest absolute Gasteiger partial charge is 0.490 e. The summed E-state index contributed by atoms with van der Waals surface area (Å²) < 4.78 is 8.73. The van der Waals surface area contributed by atoms with Crippen molar-refractivity contribution < 1.29 is 24.3 Å². The van der Waals surface area contributed by atoms with Gasteiger partial charge in [0, 0.05) is 70.4 Å². The number of aliphatic hydroxyl groups is 1. The van der Waals surface area contributed by atoms with Crippen molar-refractivity contribution in [3.63, 3.8) is 0 Å². The number of hydrogen-bond donors (Lipinski definition) is 1. The number of para-hydroxylation sites is 1. The monoisotopic (exact) mass is 724 g/mol. The van der Waals surface area contributed by atoms with Crippen molar-refractivity contribution in [2.75, 3.05) is 6.61 Å². The molecule has 1 aromatic heterocycles. The molecule has 0 radical (unpaired) electrons. The standard InChI is InChI=1S/C47H52N2O5/c1-8-10-15-34(9-2)28-49-42-21-20-35(45(48-54-33(7)51)38-18-13-14-19-43(38)53-32(6)22-23-50)26-39(42)40-27-41(36-16-11-12-17-37(36)46(40)49)47(52)44-30(4)24-29(3)25-31(44)5/h11-14,16-21,24-27,32,34,50H,8-10,15,22-23,28H2,1-7H3. The summed E-state index contributed by atoms with van der Waals surface area (Å²) in [7, 11) is 0. The summed E-state index contributed by atoms with van der Waals surface area (Å²) in [5.74, 6) is 0.518. The van der Waals surface area contributed by atoms with E-state index < -0.39 is 5.97 Å². The van der Waals surface area contributed by atoms with Crippen LogP contribution in [0.4, 0.5) is 0 Å². The van der Waals surface area contributed by atoms with E-state index in [0.29, 0.717) is 34.9 Å². The highest BCUT2D eigenvalue weighted by Crippen LogP contribution is 2.39. The Morgan fingerprint density at radius 3 is 2.20 bits per heavy atom. The lowest BCUT2D eigenvalue weighted by Gasteiger charge is -2.19. The highest BCUT2D eigenvalue weighted by molar-refractivity contribution is 6.27. The van der Waals surface area contributed by atoms with E-state index in [1.165, 1.54) is 13.3 Å². The molecule has 0 aliphatic carbocycles. The third-order valence-electron chi connectivity index (χ3n) is 10.5. The molecule has 7 nitrogen and oxygen atoms in total. The van der Waals surface area contributed by atoms with E-state index in [2.05, 4.69) is 79.0 Å². The number of nitrogens with zero attached hydrogens (tertiary/aromatic N) is 2. The molecule has 0 saturated heterocycles. The van der Waals surface area contributed by atoms with Gasteiger partial charge in [0.15, 0.2) is 5.78 Å². The van der Waals surface area contributed by atoms with Gasteiger partial charge >= 0.3 is 5.97 Å². The third kappa shape index (κ3) is 7.83. The van der Waals surface area contributed by atoms with Gasteiger partial charge in [-0.3, -0.25) is 4.79 Å². The van der Waals surface area contributed by atoms with Crippen LogP contribution in [0, 0.1) is 26.7 Å². The van der Waals surface area contributed by atoms with Gasteiger partial charge in [0.05, 0.1) is 11.6 Å². The molecule has 0 spiro atoms. The molecule has 0 bridgehead atoms. The first-order valence-corrected chi connectivity index (χ1v) is 19.3. The minimum atomic E-state index is -0.536. The molecule has 0 aliphatic rings. The number of ketones is 1. The van der Waals surface area contributed by atoms with Crippen LogP contribution in [0.5, 0.6) is 5.75 Å². The van der Waals surface area contributed by atoms with Crippen molar-refractivity contribution in [1.82, 2.24) is 4.57 Å². The average molecular weight is 725 g/mol. The van der Waals surface area contributed by atoms with Crippen molar-refractivity contribution in [1.29, 1.82) is 0 Å². The average Bonchev–Trinajstić information content (AvgIpc) is 3.45. The lowest BCUT2D eigenvalue weighted by atomic mass is 9.89.